The Bertz CT molecular complexity index is 725. The van der Waals surface area contributed by atoms with Crippen LogP contribution in [0.25, 0.3) is 0 Å². The van der Waals surface area contributed by atoms with E-state index in [0.717, 1.165) is 11.1 Å². The number of carbonyl (C=O) groups excluding carboxylic acids is 2. The third-order valence-electron chi connectivity index (χ3n) is 3.70. The molecule has 0 saturated carbocycles. The monoisotopic (exact) mass is 386 g/mol. The molecule has 0 unspecified atom stereocenters. The second-order valence-corrected chi connectivity index (χ2v) is 6.88. The normalized spacial score (nSPS) is 14.5. The minimum Gasteiger partial charge on any atom is -0.479 e. The number of esters is 2. The molecule has 1 aromatic rings. The molecule has 0 spiro atoms. The molecule has 1 aliphatic carbocycles. The molecule has 0 amide bonds. The summed E-state index contributed by atoms with van der Waals surface area (Å²) in [5, 5.41) is 9.33. The Labute approximate surface area is 154 Å². The lowest BCUT2D eigenvalue weighted by atomic mass is 10.0. The average molecular weight is 387 g/mol. The van der Waals surface area contributed by atoms with Crippen molar-refractivity contribution in [1.29, 1.82) is 0 Å². The molecule has 0 aromatic heterocycles. The van der Waals surface area contributed by atoms with Crippen LogP contribution in [0.15, 0.2) is 24.3 Å². The van der Waals surface area contributed by atoms with Crippen LogP contribution in [-0.4, -0.2) is 35.2 Å². The number of carboxylic acids is 1. The molecule has 8 heteroatoms. The molecule has 25 heavy (non-hydrogen) atoms. The van der Waals surface area contributed by atoms with Gasteiger partial charge in [0.15, 0.2) is 6.61 Å². The van der Waals surface area contributed by atoms with E-state index < -0.39 is 30.1 Å². The third-order valence-corrected chi connectivity index (χ3v) is 4.43. The van der Waals surface area contributed by atoms with Crippen LogP contribution in [0.3, 0.4) is 0 Å². The molecule has 0 atom stereocenters. The number of hydrogen-bond donors (Lipinski definition) is 1. The number of benzene rings is 1. The standard InChI is InChI=1S/C17H16Cl2O6/c1-9(16(23)24-8-14(20)21)3-15(22)25-17(2)6-10-4-12(18)13(19)5-11(10)7-17/h4-5H,1,3,6-8H2,2H3,(H,20,21). The van der Waals surface area contributed by atoms with E-state index in [-0.39, 0.29) is 12.0 Å². The number of carbonyl (C=O) groups is 3. The van der Waals surface area contributed by atoms with Gasteiger partial charge in [0.05, 0.1) is 16.5 Å². The summed E-state index contributed by atoms with van der Waals surface area (Å²) >= 11 is 12.0. The van der Waals surface area contributed by atoms with Crippen LogP contribution in [-0.2, 0) is 36.7 Å². The van der Waals surface area contributed by atoms with Gasteiger partial charge in [0.2, 0.25) is 0 Å². The van der Waals surface area contributed by atoms with Crippen LogP contribution >= 0.6 is 23.2 Å². The maximum absolute atomic E-state index is 12.1. The molecule has 134 valence electrons. The van der Waals surface area contributed by atoms with Gasteiger partial charge in [-0.25, -0.2) is 9.59 Å². The highest BCUT2D eigenvalue weighted by atomic mass is 35.5. The lowest BCUT2D eigenvalue weighted by Crippen LogP contribution is -2.32. The molecule has 0 saturated heterocycles. The van der Waals surface area contributed by atoms with Crippen molar-refractivity contribution in [3.8, 4) is 0 Å². The summed E-state index contributed by atoms with van der Waals surface area (Å²) in [6, 6.07) is 3.50. The Morgan fingerprint density at radius 2 is 1.72 bits per heavy atom. The van der Waals surface area contributed by atoms with Crippen LogP contribution in [0, 0.1) is 0 Å². The molecular weight excluding hydrogens is 371 g/mol. The zero-order valence-corrected chi connectivity index (χ0v) is 14.9. The van der Waals surface area contributed by atoms with Gasteiger partial charge in [0.25, 0.3) is 0 Å². The summed E-state index contributed by atoms with van der Waals surface area (Å²) in [5.74, 6) is -2.89. The van der Waals surface area contributed by atoms with Crippen LogP contribution in [0.4, 0.5) is 0 Å². The van der Waals surface area contributed by atoms with Crippen molar-refractivity contribution >= 4 is 41.1 Å². The SMILES string of the molecule is C=C(CC(=O)OC1(C)Cc2cc(Cl)c(Cl)cc2C1)C(=O)OCC(=O)O. The third kappa shape index (κ3) is 4.96. The predicted molar refractivity (Wildman–Crippen MR) is 90.7 cm³/mol. The van der Waals surface area contributed by atoms with E-state index in [1.54, 1.807) is 19.1 Å². The van der Waals surface area contributed by atoms with Crippen molar-refractivity contribution in [1.82, 2.24) is 0 Å². The quantitative estimate of drug-likeness (QED) is 0.596. The van der Waals surface area contributed by atoms with E-state index in [2.05, 4.69) is 11.3 Å². The molecule has 0 aliphatic heterocycles. The van der Waals surface area contributed by atoms with Gasteiger partial charge in [-0.05, 0) is 30.2 Å². The number of aliphatic carboxylic acids is 1. The number of fused-ring (bicyclic) bond motifs is 1. The van der Waals surface area contributed by atoms with Crippen molar-refractivity contribution < 1.29 is 29.0 Å². The molecule has 6 nitrogen and oxygen atoms in total. The first-order valence-corrected chi connectivity index (χ1v) is 8.10. The average Bonchev–Trinajstić information content (AvgIpc) is 2.79. The first kappa shape index (κ1) is 19.3. The highest BCUT2D eigenvalue weighted by Gasteiger charge is 2.37. The summed E-state index contributed by atoms with van der Waals surface area (Å²) in [4.78, 5) is 34.0. The molecule has 0 heterocycles. The second kappa shape index (κ2) is 7.45. The van der Waals surface area contributed by atoms with Crippen molar-refractivity contribution in [2.24, 2.45) is 0 Å². The Hall–Kier alpha value is -2.05. The minimum absolute atomic E-state index is 0.170. The zero-order chi connectivity index (χ0) is 18.8. The number of carboxylic acid groups (broad SMARTS) is 1. The highest BCUT2D eigenvalue weighted by molar-refractivity contribution is 6.42. The van der Waals surface area contributed by atoms with Gasteiger partial charge >= 0.3 is 17.9 Å². The summed E-state index contributed by atoms with van der Waals surface area (Å²) in [6.07, 6.45) is 0.563. The van der Waals surface area contributed by atoms with Gasteiger partial charge in [0, 0.05) is 18.4 Å². The molecule has 2 rings (SSSR count). The summed E-state index contributed by atoms with van der Waals surface area (Å²) in [5.41, 5.74) is 0.948. The molecule has 1 aliphatic rings. The molecule has 1 aromatic carbocycles. The Morgan fingerprint density at radius 1 is 1.20 bits per heavy atom. The van der Waals surface area contributed by atoms with Gasteiger partial charge in [-0.3, -0.25) is 4.79 Å². The lowest BCUT2D eigenvalue weighted by molar-refractivity contribution is -0.158. The van der Waals surface area contributed by atoms with Crippen LogP contribution in [0.1, 0.15) is 24.5 Å². The van der Waals surface area contributed by atoms with Crippen LogP contribution < -0.4 is 0 Å². The van der Waals surface area contributed by atoms with E-state index in [4.69, 9.17) is 33.0 Å². The second-order valence-electron chi connectivity index (χ2n) is 6.06. The number of hydrogen-bond acceptors (Lipinski definition) is 5. The molecular formula is C17H16Cl2O6. The number of halogens is 2. The highest BCUT2D eigenvalue weighted by Crippen LogP contribution is 2.37. The van der Waals surface area contributed by atoms with Crippen molar-refractivity contribution in [2.75, 3.05) is 6.61 Å². The number of rotatable bonds is 6. The maximum Gasteiger partial charge on any atom is 0.341 e. The smallest absolute Gasteiger partial charge is 0.341 e. The fourth-order valence-corrected chi connectivity index (χ4v) is 3.06. The van der Waals surface area contributed by atoms with Gasteiger partial charge < -0.3 is 14.6 Å². The van der Waals surface area contributed by atoms with E-state index in [0.29, 0.717) is 22.9 Å². The van der Waals surface area contributed by atoms with Crippen molar-refractivity contribution in [3.63, 3.8) is 0 Å². The van der Waals surface area contributed by atoms with Crippen molar-refractivity contribution in [2.45, 2.75) is 31.8 Å². The summed E-state index contributed by atoms with van der Waals surface area (Å²) < 4.78 is 9.96. The Balaban J connectivity index is 1.93. The minimum atomic E-state index is -1.29. The topological polar surface area (TPSA) is 89.9 Å². The number of ether oxygens (including phenoxy) is 2. The largest absolute Gasteiger partial charge is 0.479 e. The first-order valence-electron chi connectivity index (χ1n) is 7.35. The Morgan fingerprint density at radius 3 is 2.20 bits per heavy atom. The van der Waals surface area contributed by atoms with Gasteiger partial charge in [0.1, 0.15) is 5.60 Å². The molecule has 1 N–H and O–H groups in total. The van der Waals surface area contributed by atoms with E-state index in [9.17, 15) is 14.4 Å². The first-order chi connectivity index (χ1) is 11.6. The van der Waals surface area contributed by atoms with E-state index in [1.807, 2.05) is 0 Å². The Kier molecular flexibility index (Phi) is 5.75. The lowest BCUT2D eigenvalue weighted by Gasteiger charge is -2.24. The zero-order valence-electron chi connectivity index (χ0n) is 13.4. The molecule has 0 bridgehead atoms. The van der Waals surface area contributed by atoms with Gasteiger partial charge in [-0.1, -0.05) is 29.8 Å². The van der Waals surface area contributed by atoms with Crippen molar-refractivity contribution in [3.05, 3.63) is 45.5 Å². The van der Waals surface area contributed by atoms with E-state index in [1.165, 1.54) is 0 Å². The maximum atomic E-state index is 12.1. The van der Waals surface area contributed by atoms with E-state index >= 15 is 0 Å². The van der Waals surface area contributed by atoms with Gasteiger partial charge in [-0.15, -0.1) is 0 Å². The summed E-state index contributed by atoms with van der Waals surface area (Å²) in [6.45, 7) is 4.42. The summed E-state index contributed by atoms with van der Waals surface area (Å²) in [7, 11) is 0. The molecule has 0 fully saturated rings. The predicted octanol–water partition coefficient (Wildman–Crippen LogP) is 2.97. The van der Waals surface area contributed by atoms with Crippen LogP contribution in [0.5, 0.6) is 0 Å². The van der Waals surface area contributed by atoms with Gasteiger partial charge in [-0.2, -0.15) is 0 Å². The van der Waals surface area contributed by atoms with Crippen LogP contribution in [0.2, 0.25) is 10.0 Å². The fourth-order valence-electron chi connectivity index (χ4n) is 2.69. The molecule has 0 radical (unpaired) electrons. The fraction of sp³-hybridized carbons (Fsp3) is 0.353.